The molecule has 3 rings (SSSR count). The Bertz CT molecular complexity index is 418. The number of nitrogens with one attached hydrogen (secondary N) is 2. The van der Waals surface area contributed by atoms with Crippen LogP contribution in [-0.2, 0) is 11.2 Å². The van der Waals surface area contributed by atoms with Crippen LogP contribution in [0.2, 0.25) is 0 Å². The van der Waals surface area contributed by atoms with E-state index < -0.39 is 0 Å². The highest BCUT2D eigenvalue weighted by Crippen LogP contribution is 2.32. The number of piperidine rings is 1. The lowest BCUT2D eigenvalue weighted by atomic mass is 9.89. The first kappa shape index (κ1) is 18.7. The quantitative estimate of drug-likeness (QED) is 0.856. The van der Waals surface area contributed by atoms with Gasteiger partial charge in [-0.3, -0.25) is 4.79 Å². The van der Waals surface area contributed by atoms with Gasteiger partial charge in [0.15, 0.2) is 0 Å². The molecule has 1 aromatic rings. The van der Waals surface area contributed by atoms with Crippen LogP contribution < -0.4 is 10.6 Å². The number of carbonyl (C=O) groups is 1. The molecule has 0 radical (unpaired) electrons. The van der Waals surface area contributed by atoms with E-state index in [9.17, 15) is 4.79 Å². The van der Waals surface area contributed by atoms with Crippen molar-refractivity contribution in [1.29, 1.82) is 0 Å². The molecule has 2 fully saturated rings. The molecule has 2 unspecified atom stereocenters. The molecule has 1 amide bonds. The molecule has 2 aliphatic rings. The Hall–Kier alpha value is -0.360. The van der Waals surface area contributed by atoms with Crippen molar-refractivity contribution < 1.29 is 4.79 Å². The number of fused-ring (bicyclic) bond motifs is 2. The highest BCUT2D eigenvalue weighted by Gasteiger charge is 2.33. The zero-order valence-electron chi connectivity index (χ0n) is 11.9. The van der Waals surface area contributed by atoms with Gasteiger partial charge in [-0.05, 0) is 31.6 Å². The number of hydrogen-bond donors (Lipinski definition) is 2. The van der Waals surface area contributed by atoms with Gasteiger partial charge in [-0.1, -0.05) is 0 Å². The minimum atomic E-state index is 0. The molecule has 0 saturated carbocycles. The normalized spacial score (nSPS) is 26.6. The fourth-order valence-corrected chi connectivity index (χ4v) is 3.96. The molecule has 3 heterocycles. The van der Waals surface area contributed by atoms with E-state index in [1.165, 1.54) is 25.7 Å². The molecule has 4 nitrogen and oxygen atoms in total. The van der Waals surface area contributed by atoms with Crippen LogP contribution in [0.25, 0.3) is 0 Å². The van der Waals surface area contributed by atoms with Crippen molar-refractivity contribution in [3.05, 3.63) is 16.6 Å². The van der Waals surface area contributed by atoms with Gasteiger partial charge in [0.1, 0.15) is 0 Å². The zero-order chi connectivity index (χ0) is 13.1. The summed E-state index contributed by atoms with van der Waals surface area (Å²) < 4.78 is 0. The standard InChI is InChI=1S/C14H21N3OS.2ClH/c18-14(15-4-3-13-8-19-9-16-13)7-10-5-11-1-2-12(6-10)17-11;;/h8-12,17H,1-7H2,(H,15,18);2*1H. The Balaban J connectivity index is 0.00000110. The lowest BCUT2D eigenvalue weighted by Gasteiger charge is -2.28. The molecule has 1 aromatic heterocycles. The van der Waals surface area contributed by atoms with Gasteiger partial charge < -0.3 is 10.6 Å². The van der Waals surface area contributed by atoms with Gasteiger partial charge in [0.05, 0.1) is 11.2 Å². The first-order valence-corrected chi connectivity index (χ1v) is 8.13. The molecule has 2 atom stereocenters. The molecule has 120 valence electrons. The summed E-state index contributed by atoms with van der Waals surface area (Å²) in [6.07, 6.45) is 6.49. The molecule has 7 heteroatoms. The van der Waals surface area contributed by atoms with Crippen LogP contribution in [0.4, 0.5) is 0 Å². The molecule has 2 saturated heterocycles. The van der Waals surface area contributed by atoms with Crippen molar-refractivity contribution in [3.63, 3.8) is 0 Å². The number of aromatic nitrogens is 1. The summed E-state index contributed by atoms with van der Waals surface area (Å²) in [6.45, 7) is 0.709. The van der Waals surface area contributed by atoms with E-state index in [1.807, 2.05) is 10.9 Å². The number of amides is 1. The third kappa shape index (κ3) is 5.40. The van der Waals surface area contributed by atoms with Gasteiger partial charge in [0.2, 0.25) is 5.91 Å². The summed E-state index contributed by atoms with van der Waals surface area (Å²) >= 11 is 1.60. The van der Waals surface area contributed by atoms with Crippen molar-refractivity contribution in [2.24, 2.45) is 5.92 Å². The van der Waals surface area contributed by atoms with Crippen LogP contribution in [0.5, 0.6) is 0 Å². The van der Waals surface area contributed by atoms with Crippen LogP contribution >= 0.6 is 36.2 Å². The van der Waals surface area contributed by atoms with Crippen LogP contribution in [0.15, 0.2) is 10.9 Å². The Labute approximate surface area is 142 Å². The first-order chi connectivity index (χ1) is 9.29. The molecule has 0 aromatic carbocycles. The van der Waals surface area contributed by atoms with E-state index in [-0.39, 0.29) is 30.7 Å². The van der Waals surface area contributed by atoms with E-state index >= 15 is 0 Å². The number of nitrogens with zero attached hydrogens (tertiary/aromatic N) is 1. The third-order valence-electron chi connectivity index (χ3n) is 4.23. The maximum absolute atomic E-state index is 11.9. The molecule has 0 spiro atoms. The second-order valence-electron chi connectivity index (χ2n) is 5.76. The largest absolute Gasteiger partial charge is 0.356 e. The van der Waals surface area contributed by atoms with Crippen LogP contribution in [-0.4, -0.2) is 29.5 Å². The Morgan fingerprint density at radius 3 is 2.67 bits per heavy atom. The van der Waals surface area contributed by atoms with Crippen molar-refractivity contribution in [1.82, 2.24) is 15.6 Å². The molecule has 2 bridgehead atoms. The van der Waals surface area contributed by atoms with Crippen molar-refractivity contribution >= 4 is 42.1 Å². The molecule has 2 N–H and O–H groups in total. The van der Waals surface area contributed by atoms with Crippen LogP contribution in [0.1, 0.15) is 37.8 Å². The van der Waals surface area contributed by atoms with Crippen LogP contribution in [0.3, 0.4) is 0 Å². The molecular formula is C14H23Cl2N3OS. The van der Waals surface area contributed by atoms with Gasteiger partial charge in [-0.15, -0.1) is 36.2 Å². The summed E-state index contributed by atoms with van der Waals surface area (Å²) in [7, 11) is 0. The second-order valence-corrected chi connectivity index (χ2v) is 6.48. The predicted octanol–water partition coefficient (Wildman–Crippen LogP) is 2.57. The van der Waals surface area contributed by atoms with Gasteiger partial charge in [0.25, 0.3) is 0 Å². The fraction of sp³-hybridized carbons (Fsp3) is 0.714. The number of carbonyl (C=O) groups excluding carboxylic acids is 1. The summed E-state index contributed by atoms with van der Waals surface area (Å²) in [5, 5.41) is 8.68. The molecule has 0 aliphatic carbocycles. The Morgan fingerprint density at radius 1 is 1.33 bits per heavy atom. The van der Waals surface area contributed by atoms with E-state index in [4.69, 9.17) is 0 Å². The van der Waals surface area contributed by atoms with Crippen molar-refractivity contribution in [2.45, 2.75) is 50.6 Å². The summed E-state index contributed by atoms with van der Waals surface area (Å²) in [4.78, 5) is 16.1. The first-order valence-electron chi connectivity index (χ1n) is 7.19. The minimum Gasteiger partial charge on any atom is -0.356 e. The van der Waals surface area contributed by atoms with Crippen molar-refractivity contribution in [3.8, 4) is 0 Å². The number of halogens is 2. The van der Waals surface area contributed by atoms with Gasteiger partial charge in [-0.25, -0.2) is 4.98 Å². The van der Waals surface area contributed by atoms with Crippen molar-refractivity contribution in [2.75, 3.05) is 6.54 Å². The molecule has 2 aliphatic heterocycles. The SMILES string of the molecule is Cl.Cl.O=C(CC1CC2CCC(C1)N2)NCCc1cscn1. The monoisotopic (exact) mass is 351 g/mol. The Kier molecular flexibility index (Phi) is 7.95. The maximum Gasteiger partial charge on any atom is 0.220 e. The number of hydrogen-bond acceptors (Lipinski definition) is 4. The van der Waals surface area contributed by atoms with E-state index in [0.717, 1.165) is 12.1 Å². The Morgan fingerprint density at radius 2 is 2.05 bits per heavy atom. The summed E-state index contributed by atoms with van der Waals surface area (Å²) in [6, 6.07) is 1.35. The lowest BCUT2D eigenvalue weighted by Crippen LogP contribution is -2.39. The van der Waals surface area contributed by atoms with E-state index in [0.29, 0.717) is 31.0 Å². The highest BCUT2D eigenvalue weighted by atomic mass is 35.5. The number of rotatable bonds is 5. The van der Waals surface area contributed by atoms with Gasteiger partial charge in [-0.2, -0.15) is 0 Å². The highest BCUT2D eigenvalue weighted by molar-refractivity contribution is 7.07. The maximum atomic E-state index is 11.9. The predicted molar refractivity (Wildman–Crippen MR) is 90.6 cm³/mol. The molecular weight excluding hydrogens is 329 g/mol. The topological polar surface area (TPSA) is 54.0 Å². The summed E-state index contributed by atoms with van der Waals surface area (Å²) in [5.74, 6) is 0.791. The smallest absolute Gasteiger partial charge is 0.220 e. The average molecular weight is 352 g/mol. The lowest BCUT2D eigenvalue weighted by molar-refractivity contribution is -0.122. The van der Waals surface area contributed by atoms with Gasteiger partial charge >= 0.3 is 0 Å². The third-order valence-corrected chi connectivity index (χ3v) is 4.87. The van der Waals surface area contributed by atoms with Crippen LogP contribution in [0, 0.1) is 5.92 Å². The zero-order valence-corrected chi connectivity index (χ0v) is 14.4. The molecule has 21 heavy (non-hydrogen) atoms. The van der Waals surface area contributed by atoms with E-state index in [1.54, 1.807) is 11.3 Å². The van der Waals surface area contributed by atoms with Gasteiger partial charge in [0, 0.05) is 36.9 Å². The minimum absolute atomic E-state index is 0. The summed E-state index contributed by atoms with van der Waals surface area (Å²) in [5.41, 5.74) is 2.91. The average Bonchev–Trinajstić information content (AvgIpc) is 2.99. The fourth-order valence-electron chi connectivity index (χ4n) is 3.37. The van der Waals surface area contributed by atoms with E-state index in [2.05, 4.69) is 15.6 Å². The number of thiazole rings is 1. The second kappa shape index (κ2) is 8.93.